The first-order valence-corrected chi connectivity index (χ1v) is 11.6. The molecule has 164 valence electrons. The maximum absolute atomic E-state index is 12.9. The van der Waals surface area contributed by atoms with Gasteiger partial charge in [-0.2, -0.15) is 0 Å². The summed E-state index contributed by atoms with van der Waals surface area (Å²) in [6.07, 6.45) is 0. The van der Waals surface area contributed by atoms with Crippen molar-refractivity contribution < 1.29 is 17.9 Å². The summed E-state index contributed by atoms with van der Waals surface area (Å²) in [6.45, 7) is 5.52. The number of amides is 1. The van der Waals surface area contributed by atoms with Gasteiger partial charge in [0.25, 0.3) is 5.91 Å². The molecule has 0 fully saturated rings. The molecule has 31 heavy (non-hydrogen) atoms. The molecule has 0 aliphatic carbocycles. The van der Waals surface area contributed by atoms with Crippen molar-refractivity contribution in [2.24, 2.45) is 0 Å². The minimum Gasteiger partial charge on any atom is -0.494 e. The molecular weight excluding hydrogens is 438 g/mol. The Hall–Kier alpha value is -2.97. The number of benzene rings is 2. The van der Waals surface area contributed by atoms with E-state index in [-0.39, 0.29) is 11.5 Å². The van der Waals surface area contributed by atoms with E-state index in [1.807, 2.05) is 36.6 Å². The Morgan fingerprint density at radius 2 is 1.74 bits per heavy atom. The SMILES string of the molecule is CCS(=O)(=O)Nc1ccc(NC(=O)c2cc(-n3c(C)ccc3C)ccc2Cl)cc1OC. The Kier molecular flexibility index (Phi) is 6.62. The molecule has 0 spiro atoms. The predicted molar refractivity (Wildman–Crippen MR) is 124 cm³/mol. The van der Waals surface area contributed by atoms with Crippen LogP contribution in [0.3, 0.4) is 0 Å². The van der Waals surface area contributed by atoms with Crippen LogP contribution in [0.1, 0.15) is 28.7 Å². The van der Waals surface area contributed by atoms with Gasteiger partial charge in [0.2, 0.25) is 10.0 Å². The summed E-state index contributed by atoms with van der Waals surface area (Å²) in [5.74, 6) is -0.171. The molecule has 1 aromatic heterocycles. The van der Waals surface area contributed by atoms with E-state index in [9.17, 15) is 13.2 Å². The molecule has 0 saturated carbocycles. The van der Waals surface area contributed by atoms with Crippen LogP contribution in [-0.4, -0.2) is 31.8 Å². The number of ether oxygens (including phenoxy) is 1. The standard InChI is InChI=1S/C22H24ClN3O4S/c1-5-31(28,29)25-20-11-8-16(12-21(20)30-4)24-22(27)18-13-17(9-10-19(18)23)26-14(2)6-7-15(26)3/h6-13,25H,5H2,1-4H3,(H,24,27). The van der Waals surface area contributed by atoms with Crippen LogP contribution in [-0.2, 0) is 10.0 Å². The molecule has 2 N–H and O–H groups in total. The highest BCUT2D eigenvalue weighted by Crippen LogP contribution is 2.30. The molecule has 0 atom stereocenters. The quantitative estimate of drug-likeness (QED) is 0.530. The Morgan fingerprint density at radius 1 is 1.06 bits per heavy atom. The topological polar surface area (TPSA) is 89.4 Å². The van der Waals surface area contributed by atoms with E-state index >= 15 is 0 Å². The van der Waals surface area contributed by atoms with Gasteiger partial charge in [0, 0.05) is 28.8 Å². The molecule has 0 bridgehead atoms. The molecule has 0 aliphatic heterocycles. The van der Waals surface area contributed by atoms with Gasteiger partial charge in [-0.25, -0.2) is 8.42 Å². The number of methoxy groups -OCH3 is 1. The van der Waals surface area contributed by atoms with Crippen LogP contribution >= 0.6 is 11.6 Å². The van der Waals surface area contributed by atoms with Gasteiger partial charge in [0.05, 0.1) is 29.1 Å². The Bertz CT molecular complexity index is 1220. The van der Waals surface area contributed by atoms with Crippen molar-refractivity contribution in [3.8, 4) is 11.4 Å². The summed E-state index contributed by atoms with van der Waals surface area (Å²) < 4.78 is 33.5. The number of aryl methyl sites for hydroxylation is 2. The Balaban J connectivity index is 1.89. The normalized spacial score (nSPS) is 11.3. The van der Waals surface area contributed by atoms with E-state index in [0.717, 1.165) is 17.1 Å². The van der Waals surface area contributed by atoms with Crippen LogP contribution in [0.5, 0.6) is 5.75 Å². The number of sulfonamides is 1. The van der Waals surface area contributed by atoms with Crippen molar-refractivity contribution in [2.45, 2.75) is 20.8 Å². The van der Waals surface area contributed by atoms with Gasteiger partial charge >= 0.3 is 0 Å². The second-order valence-electron chi connectivity index (χ2n) is 6.99. The van der Waals surface area contributed by atoms with Gasteiger partial charge in [-0.05, 0) is 63.2 Å². The zero-order valence-corrected chi connectivity index (χ0v) is 19.3. The number of halogens is 1. The maximum Gasteiger partial charge on any atom is 0.257 e. The van der Waals surface area contributed by atoms with Gasteiger partial charge in [0.15, 0.2) is 0 Å². The second kappa shape index (κ2) is 9.03. The number of hydrogen-bond acceptors (Lipinski definition) is 4. The molecule has 3 aromatic rings. The molecular formula is C22H24ClN3O4S. The van der Waals surface area contributed by atoms with E-state index in [0.29, 0.717) is 22.0 Å². The molecule has 3 rings (SSSR count). The van der Waals surface area contributed by atoms with Gasteiger partial charge in [0.1, 0.15) is 5.75 Å². The number of aromatic nitrogens is 1. The summed E-state index contributed by atoms with van der Waals surface area (Å²) in [7, 11) is -2.04. The lowest BCUT2D eigenvalue weighted by Gasteiger charge is -2.14. The highest BCUT2D eigenvalue weighted by atomic mass is 35.5. The smallest absolute Gasteiger partial charge is 0.257 e. The van der Waals surface area contributed by atoms with E-state index in [1.165, 1.54) is 20.1 Å². The van der Waals surface area contributed by atoms with Crippen LogP contribution in [0.4, 0.5) is 11.4 Å². The average Bonchev–Trinajstić information content (AvgIpc) is 3.07. The lowest BCUT2D eigenvalue weighted by molar-refractivity contribution is 0.102. The van der Waals surface area contributed by atoms with Gasteiger partial charge in [-0.15, -0.1) is 0 Å². The number of rotatable bonds is 7. The first-order valence-electron chi connectivity index (χ1n) is 9.60. The van der Waals surface area contributed by atoms with Crippen LogP contribution in [0.2, 0.25) is 5.02 Å². The van der Waals surface area contributed by atoms with Crippen molar-refractivity contribution in [3.05, 3.63) is 70.5 Å². The fourth-order valence-electron chi connectivity index (χ4n) is 3.19. The number of carbonyl (C=O) groups excluding carboxylic acids is 1. The van der Waals surface area contributed by atoms with Crippen LogP contribution in [0, 0.1) is 13.8 Å². The van der Waals surface area contributed by atoms with Crippen LogP contribution in [0.25, 0.3) is 5.69 Å². The van der Waals surface area contributed by atoms with E-state index in [1.54, 1.807) is 24.3 Å². The molecule has 2 aromatic carbocycles. The summed E-state index contributed by atoms with van der Waals surface area (Å²) in [5.41, 5.74) is 3.97. The van der Waals surface area contributed by atoms with E-state index in [2.05, 4.69) is 10.0 Å². The minimum atomic E-state index is -3.46. The number of hydrogen-bond donors (Lipinski definition) is 2. The predicted octanol–water partition coefficient (Wildman–Crippen LogP) is 4.77. The summed E-state index contributed by atoms with van der Waals surface area (Å²) in [5, 5.41) is 3.11. The van der Waals surface area contributed by atoms with E-state index in [4.69, 9.17) is 16.3 Å². The van der Waals surface area contributed by atoms with Gasteiger partial charge in [-0.3, -0.25) is 9.52 Å². The van der Waals surface area contributed by atoms with Crippen LogP contribution < -0.4 is 14.8 Å². The summed E-state index contributed by atoms with van der Waals surface area (Å²) >= 11 is 6.30. The molecule has 0 saturated heterocycles. The van der Waals surface area contributed by atoms with Crippen molar-refractivity contribution in [1.82, 2.24) is 4.57 Å². The van der Waals surface area contributed by atoms with Gasteiger partial charge < -0.3 is 14.6 Å². The third-order valence-corrected chi connectivity index (χ3v) is 6.45. The largest absolute Gasteiger partial charge is 0.494 e. The molecule has 1 heterocycles. The fraction of sp³-hybridized carbons (Fsp3) is 0.227. The van der Waals surface area contributed by atoms with Crippen molar-refractivity contribution in [2.75, 3.05) is 22.9 Å². The van der Waals surface area contributed by atoms with Gasteiger partial charge in [-0.1, -0.05) is 11.6 Å². The monoisotopic (exact) mass is 461 g/mol. The van der Waals surface area contributed by atoms with Crippen molar-refractivity contribution in [1.29, 1.82) is 0 Å². The highest BCUT2D eigenvalue weighted by molar-refractivity contribution is 7.92. The van der Waals surface area contributed by atoms with Crippen LogP contribution in [0.15, 0.2) is 48.5 Å². The first-order chi connectivity index (χ1) is 14.6. The lowest BCUT2D eigenvalue weighted by Crippen LogP contribution is -2.16. The molecule has 9 heteroatoms. The molecule has 0 unspecified atom stereocenters. The van der Waals surface area contributed by atoms with Crippen molar-refractivity contribution in [3.63, 3.8) is 0 Å². The third-order valence-electron chi connectivity index (χ3n) is 4.83. The number of anilines is 2. The molecule has 1 amide bonds. The first kappa shape index (κ1) is 22.7. The Morgan fingerprint density at radius 3 is 2.35 bits per heavy atom. The average molecular weight is 462 g/mol. The highest BCUT2D eigenvalue weighted by Gasteiger charge is 2.16. The summed E-state index contributed by atoms with van der Waals surface area (Å²) in [6, 6.07) is 14.0. The number of nitrogens with one attached hydrogen (secondary N) is 2. The lowest BCUT2D eigenvalue weighted by atomic mass is 10.1. The zero-order valence-electron chi connectivity index (χ0n) is 17.7. The summed E-state index contributed by atoms with van der Waals surface area (Å²) in [4.78, 5) is 12.9. The molecule has 0 radical (unpaired) electrons. The molecule has 7 nitrogen and oxygen atoms in total. The number of nitrogens with zero attached hydrogens (tertiary/aromatic N) is 1. The van der Waals surface area contributed by atoms with E-state index < -0.39 is 15.9 Å². The van der Waals surface area contributed by atoms with Crippen molar-refractivity contribution >= 4 is 38.9 Å². The second-order valence-corrected chi connectivity index (χ2v) is 9.41. The minimum absolute atomic E-state index is 0.0657. The maximum atomic E-state index is 12.9. The zero-order chi connectivity index (χ0) is 22.8. The number of carbonyl (C=O) groups is 1. The molecule has 0 aliphatic rings. The third kappa shape index (κ3) is 5.03. The fourth-order valence-corrected chi connectivity index (χ4v) is 4.04. The Labute approximate surface area is 187 Å².